The van der Waals surface area contributed by atoms with Crippen LogP contribution in [0.15, 0.2) is 58.2 Å². The number of nitrogens with zero attached hydrogens (tertiary/aromatic N) is 4. The van der Waals surface area contributed by atoms with Gasteiger partial charge in [0.05, 0.1) is 11.3 Å². The van der Waals surface area contributed by atoms with Gasteiger partial charge >= 0.3 is 0 Å². The molecule has 9 heteroatoms. The number of aromatic amines is 1. The third-order valence-electron chi connectivity index (χ3n) is 3.47. The molecule has 0 radical (unpaired) electrons. The van der Waals surface area contributed by atoms with Crippen molar-refractivity contribution in [1.29, 1.82) is 0 Å². The van der Waals surface area contributed by atoms with Crippen molar-refractivity contribution in [3.05, 3.63) is 65.3 Å². The summed E-state index contributed by atoms with van der Waals surface area (Å²) in [7, 11) is 0. The van der Waals surface area contributed by atoms with Gasteiger partial charge in [0.1, 0.15) is 5.82 Å². The van der Waals surface area contributed by atoms with Gasteiger partial charge in [0.25, 0.3) is 0 Å². The monoisotopic (exact) mass is 387 g/mol. The highest BCUT2D eigenvalue weighted by atomic mass is 35.5. The van der Waals surface area contributed by atoms with Crippen molar-refractivity contribution in [2.24, 2.45) is 0 Å². The van der Waals surface area contributed by atoms with Crippen LogP contribution in [0, 0.1) is 5.82 Å². The van der Waals surface area contributed by atoms with E-state index in [0.29, 0.717) is 39.0 Å². The molecule has 0 saturated carbocycles. The smallest absolute Gasteiger partial charge is 0.237 e. The Hall–Kier alpha value is -2.71. The molecule has 2 heterocycles. The van der Waals surface area contributed by atoms with Gasteiger partial charge in [-0.1, -0.05) is 52.8 Å². The molecule has 0 bridgehead atoms. The summed E-state index contributed by atoms with van der Waals surface area (Å²) in [6, 6.07) is 13.6. The molecule has 0 fully saturated rings. The Morgan fingerprint density at radius 2 is 2.00 bits per heavy atom. The highest BCUT2D eigenvalue weighted by Crippen LogP contribution is 2.25. The summed E-state index contributed by atoms with van der Waals surface area (Å²) in [5.74, 6) is 1.30. The zero-order valence-electron chi connectivity index (χ0n) is 13.2. The van der Waals surface area contributed by atoms with Crippen LogP contribution in [-0.4, -0.2) is 25.3 Å². The lowest BCUT2D eigenvalue weighted by molar-refractivity contribution is 0.391. The number of nitrogens with one attached hydrogen (secondary N) is 1. The second-order valence-electron chi connectivity index (χ2n) is 5.26. The molecule has 0 saturated heterocycles. The lowest BCUT2D eigenvalue weighted by atomic mass is 10.2. The Kier molecular flexibility index (Phi) is 4.68. The first kappa shape index (κ1) is 16.7. The van der Waals surface area contributed by atoms with E-state index >= 15 is 0 Å². The Morgan fingerprint density at radius 1 is 1.12 bits per heavy atom. The van der Waals surface area contributed by atoms with Crippen molar-refractivity contribution in [2.45, 2.75) is 10.9 Å². The molecule has 0 amide bonds. The molecule has 4 aromatic rings. The van der Waals surface area contributed by atoms with Gasteiger partial charge < -0.3 is 4.52 Å². The van der Waals surface area contributed by atoms with Crippen LogP contribution in [0.3, 0.4) is 0 Å². The number of aromatic nitrogens is 5. The molecule has 0 spiro atoms. The summed E-state index contributed by atoms with van der Waals surface area (Å²) in [6.45, 7) is 0. The number of halogens is 2. The van der Waals surface area contributed by atoms with Crippen LogP contribution in [0.2, 0.25) is 5.02 Å². The minimum absolute atomic E-state index is 0.358. The Balaban J connectivity index is 1.45. The van der Waals surface area contributed by atoms with E-state index in [0.717, 1.165) is 5.56 Å². The number of rotatable bonds is 5. The highest BCUT2D eigenvalue weighted by Gasteiger charge is 2.13. The fourth-order valence-electron chi connectivity index (χ4n) is 2.27. The maximum absolute atomic E-state index is 13.8. The summed E-state index contributed by atoms with van der Waals surface area (Å²) >= 11 is 7.28. The molecule has 2 aromatic carbocycles. The molecular weight excluding hydrogens is 377 g/mol. The van der Waals surface area contributed by atoms with Gasteiger partial charge in [-0.05, 0) is 24.3 Å². The quantitative estimate of drug-likeness (QED) is 0.504. The normalized spacial score (nSPS) is 11.0. The maximum Gasteiger partial charge on any atom is 0.237 e. The second-order valence-corrected chi connectivity index (χ2v) is 6.64. The fraction of sp³-hybridized carbons (Fsp3) is 0.0588. The van der Waals surface area contributed by atoms with E-state index in [9.17, 15) is 4.39 Å². The van der Waals surface area contributed by atoms with Crippen LogP contribution in [0.4, 0.5) is 4.39 Å². The molecule has 26 heavy (non-hydrogen) atoms. The minimum atomic E-state index is -0.358. The third-order valence-corrected chi connectivity index (χ3v) is 4.54. The van der Waals surface area contributed by atoms with Crippen molar-refractivity contribution in [3.8, 4) is 22.8 Å². The number of thioether (sulfide) groups is 1. The highest BCUT2D eigenvalue weighted by molar-refractivity contribution is 7.98. The number of benzene rings is 2. The lowest BCUT2D eigenvalue weighted by Crippen LogP contribution is -1.86. The van der Waals surface area contributed by atoms with Gasteiger partial charge in [-0.2, -0.15) is 4.98 Å². The minimum Gasteiger partial charge on any atom is -0.338 e. The molecule has 0 atom stereocenters. The summed E-state index contributed by atoms with van der Waals surface area (Å²) in [4.78, 5) is 8.61. The SMILES string of the molecule is Fc1ccccc1-c1nc(SCc2nc(-c3cccc(Cl)c3)no2)n[nH]1. The first-order chi connectivity index (χ1) is 12.7. The Morgan fingerprint density at radius 3 is 2.85 bits per heavy atom. The van der Waals surface area contributed by atoms with Crippen LogP contribution in [0.25, 0.3) is 22.8 Å². The van der Waals surface area contributed by atoms with E-state index in [1.54, 1.807) is 30.3 Å². The number of hydrogen-bond acceptors (Lipinski definition) is 6. The molecule has 4 rings (SSSR count). The summed E-state index contributed by atoms with van der Waals surface area (Å²) in [5.41, 5.74) is 1.14. The van der Waals surface area contributed by atoms with Crippen LogP contribution >= 0.6 is 23.4 Å². The number of hydrogen-bond donors (Lipinski definition) is 1. The van der Waals surface area contributed by atoms with Gasteiger partial charge in [0, 0.05) is 10.6 Å². The van der Waals surface area contributed by atoms with Crippen molar-refractivity contribution >= 4 is 23.4 Å². The van der Waals surface area contributed by atoms with Crippen molar-refractivity contribution in [2.75, 3.05) is 0 Å². The van der Waals surface area contributed by atoms with Crippen LogP contribution < -0.4 is 0 Å². The standard InChI is InChI=1S/C17H11ClFN5OS/c18-11-5-3-4-10(8-11)15-20-14(25-24-15)9-26-17-21-16(22-23-17)12-6-1-2-7-13(12)19/h1-8H,9H2,(H,21,22,23). The zero-order valence-corrected chi connectivity index (χ0v) is 14.8. The van der Waals surface area contributed by atoms with Crippen molar-refractivity contribution < 1.29 is 8.91 Å². The van der Waals surface area contributed by atoms with Gasteiger partial charge in [-0.25, -0.2) is 9.37 Å². The Bertz CT molecular complexity index is 1050. The molecule has 130 valence electrons. The Labute approximate surface area is 156 Å². The molecule has 0 aliphatic carbocycles. The third kappa shape index (κ3) is 3.61. The van der Waals surface area contributed by atoms with Crippen molar-refractivity contribution in [1.82, 2.24) is 25.3 Å². The van der Waals surface area contributed by atoms with Crippen LogP contribution in [-0.2, 0) is 5.75 Å². The van der Waals surface area contributed by atoms with E-state index in [4.69, 9.17) is 16.1 Å². The van der Waals surface area contributed by atoms with E-state index in [2.05, 4.69) is 25.3 Å². The molecule has 0 aliphatic heterocycles. The molecular formula is C17H11ClFN5OS. The van der Waals surface area contributed by atoms with Gasteiger partial charge in [-0.15, -0.1) is 5.10 Å². The topological polar surface area (TPSA) is 80.5 Å². The summed E-state index contributed by atoms with van der Waals surface area (Å²) < 4.78 is 19.0. The zero-order chi connectivity index (χ0) is 17.9. The molecule has 0 aliphatic rings. The first-order valence-corrected chi connectivity index (χ1v) is 8.94. The predicted octanol–water partition coefficient (Wildman–Crippen LogP) is 4.61. The van der Waals surface area contributed by atoms with Crippen LogP contribution in [0.5, 0.6) is 0 Å². The second kappa shape index (κ2) is 7.27. The van der Waals surface area contributed by atoms with Crippen molar-refractivity contribution in [3.63, 3.8) is 0 Å². The van der Waals surface area contributed by atoms with Crippen LogP contribution in [0.1, 0.15) is 5.89 Å². The molecule has 1 N–H and O–H groups in total. The van der Waals surface area contributed by atoms with E-state index in [-0.39, 0.29) is 5.82 Å². The van der Waals surface area contributed by atoms with E-state index in [1.165, 1.54) is 17.8 Å². The molecule has 0 unspecified atom stereocenters. The lowest BCUT2D eigenvalue weighted by Gasteiger charge is -1.96. The van der Waals surface area contributed by atoms with E-state index in [1.807, 2.05) is 12.1 Å². The first-order valence-electron chi connectivity index (χ1n) is 7.57. The van der Waals surface area contributed by atoms with E-state index < -0.39 is 0 Å². The number of H-pyrrole nitrogens is 1. The molecule has 2 aromatic heterocycles. The average Bonchev–Trinajstić information content (AvgIpc) is 3.30. The largest absolute Gasteiger partial charge is 0.338 e. The van der Waals surface area contributed by atoms with Gasteiger partial charge in [0.15, 0.2) is 5.82 Å². The fourth-order valence-corrected chi connectivity index (χ4v) is 3.10. The van der Waals surface area contributed by atoms with Gasteiger partial charge in [-0.3, -0.25) is 5.10 Å². The molecule has 6 nitrogen and oxygen atoms in total. The maximum atomic E-state index is 13.8. The average molecular weight is 388 g/mol. The van der Waals surface area contributed by atoms with Gasteiger partial charge in [0.2, 0.25) is 16.9 Å². The predicted molar refractivity (Wildman–Crippen MR) is 96.1 cm³/mol. The summed E-state index contributed by atoms with van der Waals surface area (Å²) in [6.07, 6.45) is 0. The summed E-state index contributed by atoms with van der Waals surface area (Å²) in [5, 5.41) is 11.8.